The molecule has 0 spiro atoms. The molecule has 2 aliphatic rings. The van der Waals surface area contributed by atoms with Crippen LogP contribution in [0.3, 0.4) is 0 Å². The van der Waals surface area contributed by atoms with Crippen molar-refractivity contribution in [2.45, 2.75) is 45.6 Å². The van der Waals surface area contributed by atoms with E-state index in [1.54, 1.807) is 0 Å². The molecule has 0 radical (unpaired) electrons. The van der Waals surface area contributed by atoms with Crippen molar-refractivity contribution in [3.05, 3.63) is 0 Å². The lowest BCUT2D eigenvalue weighted by atomic mass is 9.68. The minimum absolute atomic E-state index is 0.167. The zero-order valence-corrected chi connectivity index (χ0v) is 10.0. The quantitative estimate of drug-likeness (QED) is 0.605. The molecular weight excluding hydrogens is 206 g/mol. The van der Waals surface area contributed by atoms with Gasteiger partial charge in [0.25, 0.3) is 0 Å². The molecule has 0 aromatic heterocycles. The Morgan fingerprint density at radius 3 is 2.31 bits per heavy atom. The molecule has 5 heteroatoms. The van der Waals surface area contributed by atoms with Gasteiger partial charge in [-0.3, -0.25) is 10.2 Å². The number of urea groups is 1. The van der Waals surface area contributed by atoms with E-state index in [4.69, 9.17) is 5.73 Å². The molecule has 0 aromatic carbocycles. The number of ketones is 1. The average molecular weight is 225 g/mol. The highest BCUT2D eigenvalue weighted by atomic mass is 16.2. The van der Waals surface area contributed by atoms with Gasteiger partial charge in [0.2, 0.25) is 0 Å². The van der Waals surface area contributed by atoms with Gasteiger partial charge >= 0.3 is 6.03 Å². The number of rotatable bonds is 2. The fourth-order valence-corrected chi connectivity index (χ4v) is 3.33. The van der Waals surface area contributed by atoms with Gasteiger partial charge in [-0.15, -0.1) is 0 Å². The van der Waals surface area contributed by atoms with Gasteiger partial charge in [-0.25, -0.2) is 10.2 Å². The van der Waals surface area contributed by atoms with Crippen molar-refractivity contribution >= 4 is 11.8 Å². The fourth-order valence-electron chi connectivity index (χ4n) is 3.33. The van der Waals surface area contributed by atoms with E-state index < -0.39 is 6.03 Å². The highest BCUT2D eigenvalue weighted by molar-refractivity contribution is 5.91. The van der Waals surface area contributed by atoms with Gasteiger partial charge in [0.05, 0.1) is 5.54 Å². The number of hydrogen-bond acceptors (Lipinski definition) is 3. The third kappa shape index (κ3) is 1.09. The summed E-state index contributed by atoms with van der Waals surface area (Å²) in [6, 6.07) is -0.613. The smallest absolute Gasteiger partial charge is 0.326 e. The molecule has 2 fully saturated rings. The van der Waals surface area contributed by atoms with Crippen molar-refractivity contribution in [2.24, 2.45) is 16.6 Å². The summed E-state index contributed by atoms with van der Waals surface area (Å²) in [7, 11) is 0. The van der Waals surface area contributed by atoms with Gasteiger partial charge in [0.15, 0.2) is 0 Å². The number of hydrogen-bond donors (Lipinski definition) is 3. The van der Waals surface area contributed by atoms with E-state index in [9.17, 15) is 9.59 Å². The second-order valence-electron chi connectivity index (χ2n) is 5.75. The molecule has 2 bridgehead atoms. The molecule has 2 atom stereocenters. The number of Topliss-reactive ketones (excluding diaryl/α,β-unsaturated/α-hetero) is 1. The molecule has 16 heavy (non-hydrogen) atoms. The molecule has 2 rings (SSSR count). The van der Waals surface area contributed by atoms with Gasteiger partial charge in [0, 0.05) is 11.8 Å². The van der Waals surface area contributed by atoms with Crippen LogP contribution in [0.2, 0.25) is 0 Å². The second kappa shape index (κ2) is 2.97. The van der Waals surface area contributed by atoms with Gasteiger partial charge in [0.1, 0.15) is 5.78 Å². The Morgan fingerprint density at radius 1 is 1.31 bits per heavy atom. The monoisotopic (exact) mass is 225 g/mol. The van der Waals surface area contributed by atoms with Crippen LogP contribution >= 0.6 is 0 Å². The third-order valence-corrected chi connectivity index (χ3v) is 5.13. The van der Waals surface area contributed by atoms with Crippen molar-refractivity contribution in [3.63, 3.8) is 0 Å². The van der Waals surface area contributed by atoms with E-state index in [1.165, 1.54) is 0 Å². The summed E-state index contributed by atoms with van der Waals surface area (Å²) in [5.74, 6) is 0.280. The minimum atomic E-state index is -0.613. The number of primary amides is 1. The van der Waals surface area contributed by atoms with E-state index in [-0.39, 0.29) is 22.2 Å². The van der Waals surface area contributed by atoms with Crippen molar-refractivity contribution < 1.29 is 9.59 Å². The molecule has 2 amide bonds. The van der Waals surface area contributed by atoms with E-state index in [1.807, 2.05) is 6.92 Å². The van der Waals surface area contributed by atoms with Gasteiger partial charge in [-0.05, 0) is 18.3 Å². The maximum atomic E-state index is 12.0. The molecule has 2 saturated carbocycles. The van der Waals surface area contributed by atoms with Crippen molar-refractivity contribution in [2.75, 3.05) is 0 Å². The van der Waals surface area contributed by atoms with Crippen molar-refractivity contribution in [1.29, 1.82) is 0 Å². The van der Waals surface area contributed by atoms with Gasteiger partial charge < -0.3 is 5.73 Å². The number of hydrazine groups is 1. The molecule has 0 aromatic rings. The number of amides is 2. The lowest BCUT2D eigenvalue weighted by Gasteiger charge is -2.40. The van der Waals surface area contributed by atoms with Gasteiger partial charge in [-0.1, -0.05) is 20.8 Å². The van der Waals surface area contributed by atoms with Crippen LogP contribution in [0.4, 0.5) is 4.79 Å². The minimum Gasteiger partial charge on any atom is -0.351 e. The first-order valence-corrected chi connectivity index (χ1v) is 5.61. The van der Waals surface area contributed by atoms with Crippen molar-refractivity contribution in [1.82, 2.24) is 10.9 Å². The molecule has 5 nitrogen and oxygen atoms in total. The number of carbonyl (C=O) groups is 2. The van der Waals surface area contributed by atoms with Crippen LogP contribution in [0.1, 0.15) is 40.0 Å². The molecule has 0 heterocycles. The molecule has 2 unspecified atom stereocenters. The van der Waals surface area contributed by atoms with E-state index >= 15 is 0 Å². The molecule has 0 saturated heterocycles. The highest BCUT2D eigenvalue weighted by Gasteiger charge is 2.69. The molecular formula is C11H19N3O2. The lowest BCUT2D eigenvalue weighted by Crippen LogP contribution is -2.59. The number of nitrogens with two attached hydrogens (primary N) is 1. The standard InChI is InChI=1S/C11H19N3O2/c1-9(2)10(3)4-5-11(9,6-7(10)15)14-13-8(12)16/h14H,4-6H2,1-3H3,(H3,12,13,16). The van der Waals surface area contributed by atoms with E-state index in [2.05, 4.69) is 24.7 Å². The van der Waals surface area contributed by atoms with Crippen LogP contribution in [0, 0.1) is 10.8 Å². The third-order valence-electron chi connectivity index (χ3n) is 5.13. The average Bonchev–Trinajstić information content (AvgIpc) is 2.45. The summed E-state index contributed by atoms with van der Waals surface area (Å²) in [5.41, 5.74) is 9.69. The summed E-state index contributed by atoms with van der Waals surface area (Å²) in [4.78, 5) is 22.8. The highest BCUT2D eigenvalue weighted by Crippen LogP contribution is 2.65. The summed E-state index contributed by atoms with van der Waals surface area (Å²) >= 11 is 0. The topological polar surface area (TPSA) is 84.2 Å². The fraction of sp³-hybridized carbons (Fsp3) is 0.818. The Hall–Kier alpha value is -1.10. The summed E-state index contributed by atoms with van der Waals surface area (Å²) in [6.45, 7) is 6.19. The molecule has 90 valence electrons. The predicted octanol–water partition coefficient (Wildman–Crippen LogP) is 0.697. The molecule has 4 N–H and O–H groups in total. The van der Waals surface area contributed by atoms with E-state index in [0.717, 1.165) is 12.8 Å². The maximum absolute atomic E-state index is 12.0. The first kappa shape index (κ1) is 11.4. The van der Waals surface area contributed by atoms with Crippen LogP contribution in [0.25, 0.3) is 0 Å². The van der Waals surface area contributed by atoms with Crippen LogP contribution in [-0.4, -0.2) is 17.4 Å². The summed E-state index contributed by atoms with van der Waals surface area (Å²) < 4.78 is 0. The first-order chi connectivity index (χ1) is 7.25. The number of nitrogens with one attached hydrogen (secondary N) is 2. The Morgan fingerprint density at radius 2 is 1.94 bits per heavy atom. The Kier molecular flexibility index (Phi) is 2.11. The molecule has 0 aliphatic heterocycles. The number of carbonyl (C=O) groups excluding carboxylic acids is 2. The summed E-state index contributed by atoms with van der Waals surface area (Å²) in [5, 5.41) is 0. The molecule has 2 aliphatic carbocycles. The normalized spacial score (nSPS) is 40.1. The second-order valence-corrected chi connectivity index (χ2v) is 5.75. The van der Waals surface area contributed by atoms with Crippen LogP contribution in [-0.2, 0) is 4.79 Å². The van der Waals surface area contributed by atoms with Crippen LogP contribution < -0.4 is 16.6 Å². The van der Waals surface area contributed by atoms with Crippen molar-refractivity contribution in [3.8, 4) is 0 Å². The van der Waals surface area contributed by atoms with Gasteiger partial charge in [-0.2, -0.15) is 0 Å². The largest absolute Gasteiger partial charge is 0.351 e. The first-order valence-electron chi connectivity index (χ1n) is 5.61. The summed E-state index contributed by atoms with van der Waals surface area (Å²) in [6.07, 6.45) is 2.23. The Bertz CT molecular complexity index is 366. The van der Waals surface area contributed by atoms with E-state index in [0.29, 0.717) is 6.42 Å². The lowest BCUT2D eigenvalue weighted by molar-refractivity contribution is -0.128. The predicted molar refractivity (Wildman–Crippen MR) is 59.3 cm³/mol. The maximum Gasteiger partial charge on any atom is 0.326 e. The SMILES string of the molecule is CC12CCC(NNC(N)=O)(CC1=O)C2(C)C. The number of fused-ring (bicyclic) bond motifs is 2. The Balaban J connectivity index is 2.29. The zero-order valence-electron chi connectivity index (χ0n) is 10.0. The van der Waals surface area contributed by atoms with Crippen LogP contribution in [0.15, 0.2) is 0 Å². The zero-order chi connectivity index (χ0) is 12.2. The van der Waals surface area contributed by atoms with Crippen LogP contribution in [0.5, 0.6) is 0 Å². The Labute approximate surface area is 95.1 Å².